The Morgan fingerprint density at radius 1 is 1.52 bits per heavy atom. The van der Waals surface area contributed by atoms with E-state index < -0.39 is 0 Å². The van der Waals surface area contributed by atoms with Gasteiger partial charge < -0.3 is 20.3 Å². The number of amides is 2. The monoisotopic (exact) mass is 289 g/mol. The van der Waals surface area contributed by atoms with Crippen molar-refractivity contribution in [1.82, 2.24) is 5.32 Å². The molecule has 2 amide bonds. The Labute approximate surface area is 123 Å². The standard InChI is InChI=1S/C15H19N3O3/c1-21-8-6-16-14(19)10-4-5-12-11(9-10)17-15(20)13-3-2-7-18(12)13/h4-5,9,13H,2-3,6-8H2,1H3,(H,16,19)(H,17,20)/t13-/m0/s1. The molecule has 2 N–H and O–H groups in total. The van der Waals surface area contributed by atoms with Crippen LogP contribution in [0.2, 0.25) is 0 Å². The van der Waals surface area contributed by atoms with Gasteiger partial charge in [-0.15, -0.1) is 0 Å². The molecule has 1 atom stereocenters. The Morgan fingerprint density at radius 2 is 2.38 bits per heavy atom. The molecule has 0 aromatic heterocycles. The van der Waals surface area contributed by atoms with E-state index in [2.05, 4.69) is 15.5 Å². The molecular weight excluding hydrogens is 270 g/mol. The fourth-order valence-electron chi connectivity index (χ4n) is 2.94. The first kappa shape index (κ1) is 13.9. The van der Waals surface area contributed by atoms with Crippen molar-refractivity contribution in [3.63, 3.8) is 0 Å². The van der Waals surface area contributed by atoms with Crippen molar-refractivity contribution in [2.24, 2.45) is 0 Å². The summed E-state index contributed by atoms with van der Waals surface area (Å²) in [5.41, 5.74) is 2.27. The fraction of sp³-hybridized carbons (Fsp3) is 0.467. The molecule has 1 saturated heterocycles. The zero-order chi connectivity index (χ0) is 14.8. The Balaban J connectivity index is 1.80. The number of methoxy groups -OCH3 is 1. The van der Waals surface area contributed by atoms with Crippen molar-refractivity contribution in [3.8, 4) is 0 Å². The number of nitrogens with zero attached hydrogens (tertiary/aromatic N) is 1. The highest BCUT2D eigenvalue weighted by Gasteiger charge is 2.36. The molecule has 2 heterocycles. The molecule has 6 nitrogen and oxygen atoms in total. The third kappa shape index (κ3) is 2.58. The Hall–Kier alpha value is -2.08. The number of rotatable bonds is 4. The molecule has 1 aromatic rings. The summed E-state index contributed by atoms with van der Waals surface area (Å²) in [6.45, 7) is 1.83. The molecule has 0 bridgehead atoms. The average Bonchev–Trinajstić information content (AvgIpc) is 2.97. The first-order valence-electron chi connectivity index (χ1n) is 7.19. The van der Waals surface area contributed by atoms with Gasteiger partial charge in [-0.05, 0) is 31.0 Å². The highest BCUT2D eigenvalue weighted by molar-refractivity contribution is 6.06. The van der Waals surface area contributed by atoms with Crippen molar-refractivity contribution in [2.45, 2.75) is 18.9 Å². The minimum Gasteiger partial charge on any atom is -0.383 e. The zero-order valence-electron chi connectivity index (χ0n) is 12.0. The van der Waals surface area contributed by atoms with E-state index in [1.54, 1.807) is 19.2 Å². The Morgan fingerprint density at radius 3 is 3.19 bits per heavy atom. The van der Waals surface area contributed by atoms with Gasteiger partial charge in [0.15, 0.2) is 0 Å². The summed E-state index contributed by atoms with van der Waals surface area (Å²) in [5.74, 6) is -0.135. The molecule has 0 saturated carbocycles. The Bertz CT molecular complexity index is 573. The van der Waals surface area contributed by atoms with E-state index in [9.17, 15) is 9.59 Å². The second kappa shape index (κ2) is 5.73. The van der Waals surface area contributed by atoms with E-state index in [0.717, 1.165) is 30.8 Å². The Kier molecular flexibility index (Phi) is 3.79. The lowest BCUT2D eigenvalue weighted by Gasteiger charge is -2.33. The number of hydrogen-bond acceptors (Lipinski definition) is 4. The van der Waals surface area contributed by atoms with Crippen LogP contribution in [0.4, 0.5) is 11.4 Å². The average molecular weight is 289 g/mol. The predicted molar refractivity (Wildman–Crippen MR) is 79.6 cm³/mol. The van der Waals surface area contributed by atoms with Crippen LogP contribution in [0.1, 0.15) is 23.2 Å². The molecule has 3 rings (SSSR count). The van der Waals surface area contributed by atoms with E-state index in [4.69, 9.17) is 4.74 Å². The van der Waals surface area contributed by atoms with Gasteiger partial charge in [0.1, 0.15) is 6.04 Å². The van der Waals surface area contributed by atoms with Gasteiger partial charge in [-0.3, -0.25) is 9.59 Å². The van der Waals surface area contributed by atoms with Gasteiger partial charge in [0.2, 0.25) is 5.91 Å². The summed E-state index contributed by atoms with van der Waals surface area (Å²) in [4.78, 5) is 26.2. The van der Waals surface area contributed by atoms with Crippen LogP contribution in [-0.2, 0) is 9.53 Å². The first-order valence-corrected chi connectivity index (χ1v) is 7.19. The maximum absolute atomic E-state index is 12.1. The van der Waals surface area contributed by atoms with Gasteiger partial charge in [-0.1, -0.05) is 0 Å². The number of carbonyl (C=O) groups is 2. The van der Waals surface area contributed by atoms with Crippen LogP contribution < -0.4 is 15.5 Å². The summed E-state index contributed by atoms with van der Waals surface area (Å²) in [6.07, 6.45) is 1.92. The van der Waals surface area contributed by atoms with Crippen LogP contribution in [0.3, 0.4) is 0 Å². The molecule has 2 aliphatic heterocycles. The molecule has 1 aromatic carbocycles. The maximum atomic E-state index is 12.1. The van der Waals surface area contributed by atoms with Crippen molar-refractivity contribution in [3.05, 3.63) is 23.8 Å². The highest BCUT2D eigenvalue weighted by atomic mass is 16.5. The van der Waals surface area contributed by atoms with Crippen molar-refractivity contribution in [2.75, 3.05) is 37.0 Å². The zero-order valence-corrected chi connectivity index (χ0v) is 12.0. The van der Waals surface area contributed by atoms with Gasteiger partial charge in [0.05, 0.1) is 18.0 Å². The molecule has 0 unspecified atom stereocenters. The lowest BCUT2D eigenvalue weighted by molar-refractivity contribution is -0.117. The molecule has 112 valence electrons. The molecule has 0 radical (unpaired) electrons. The predicted octanol–water partition coefficient (Wildman–Crippen LogP) is 0.984. The topological polar surface area (TPSA) is 70.7 Å². The van der Waals surface area contributed by atoms with Crippen LogP contribution in [0, 0.1) is 0 Å². The maximum Gasteiger partial charge on any atom is 0.251 e. The number of ether oxygens (including phenoxy) is 1. The summed E-state index contributed by atoms with van der Waals surface area (Å²) in [7, 11) is 1.59. The molecule has 1 fully saturated rings. The lowest BCUT2D eigenvalue weighted by Crippen LogP contribution is -2.44. The first-order chi connectivity index (χ1) is 10.2. The molecular formula is C15H19N3O3. The smallest absolute Gasteiger partial charge is 0.251 e. The number of hydrogen-bond donors (Lipinski definition) is 2. The number of benzene rings is 1. The van der Waals surface area contributed by atoms with Gasteiger partial charge >= 0.3 is 0 Å². The third-order valence-corrected chi connectivity index (χ3v) is 3.97. The number of fused-ring (bicyclic) bond motifs is 3. The van der Waals surface area contributed by atoms with Gasteiger partial charge in [0.25, 0.3) is 5.91 Å². The van der Waals surface area contributed by atoms with Crippen LogP contribution in [0.5, 0.6) is 0 Å². The minimum absolute atomic E-state index is 0.0249. The van der Waals surface area contributed by atoms with E-state index in [1.165, 1.54) is 0 Å². The van der Waals surface area contributed by atoms with Crippen LogP contribution >= 0.6 is 0 Å². The van der Waals surface area contributed by atoms with E-state index >= 15 is 0 Å². The molecule has 2 aliphatic rings. The molecule has 6 heteroatoms. The van der Waals surface area contributed by atoms with Crippen LogP contribution in [0.25, 0.3) is 0 Å². The van der Waals surface area contributed by atoms with Gasteiger partial charge in [-0.2, -0.15) is 0 Å². The van der Waals surface area contributed by atoms with Crippen molar-refractivity contribution in [1.29, 1.82) is 0 Å². The second-order valence-corrected chi connectivity index (χ2v) is 5.32. The van der Waals surface area contributed by atoms with Crippen LogP contribution in [-0.4, -0.2) is 44.7 Å². The third-order valence-electron chi connectivity index (χ3n) is 3.97. The summed E-state index contributed by atoms with van der Waals surface area (Å²) >= 11 is 0. The van der Waals surface area contributed by atoms with Crippen LogP contribution in [0.15, 0.2) is 18.2 Å². The van der Waals surface area contributed by atoms with E-state index in [0.29, 0.717) is 18.7 Å². The van der Waals surface area contributed by atoms with Crippen molar-refractivity contribution >= 4 is 23.2 Å². The SMILES string of the molecule is COCCNC(=O)c1ccc2c(c1)NC(=O)[C@@H]1CCCN21. The second-order valence-electron chi connectivity index (χ2n) is 5.32. The quantitative estimate of drug-likeness (QED) is 0.811. The molecule has 0 aliphatic carbocycles. The molecule has 21 heavy (non-hydrogen) atoms. The summed E-state index contributed by atoms with van der Waals surface area (Å²) in [5, 5.41) is 5.68. The lowest BCUT2D eigenvalue weighted by atomic mass is 10.1. The number of nitrogens with one attached hydrogen (secondary N) is 2. The van der Waals surface area contributed by atoms with Crippen molar-refractivity contribution < 1.29 is 14.3 Å². The number of anilines is 2. The summed E-state index contributed by atoms with van der Waals surface area (Å²) < 4.78 is 4.90. The van der Waals surface area contributed by atoms with E-state index in [1.807, 2.05) is 6.07 Å². The summed E-state index contributed by atoms with van der Waals surface area (Å²) in [6, 6.07) is 5.40. The normalized spacial score (nSPS) is 19.8. The fourth-order valence-corrected chi connectivity index (χ4v) is 2.94. The van der Waals surface area contributed by atoms with Gasteiger partial charge in [-0.25, -0.2) is 0 Å². The van der Waals surface area contributed by atoms with E-state index in [-0.39, 0.29) is 17.9 Å². The minimum atomic E-state index is -0.160. The number of carbonyl (C=O) groups excluding carboxylic acids is 2. The highest BCUT2D eigenvalue weighted by Crippen LogP contribution is 2.37. The van der Waals surface area contributed by atoms with Gasteiger partial charge in [0, 0.05) is 25.8 Å². The largest absolute Gasteiger partial charge is 0.383 e. The molecule has 0 spiro atoms.